The number of primary amides is 1. The average Bonchev–Trinajstić information content (AvgIpc) is 3.15. The van der Waals surface area contributed by atoms with E-state index in [2.05, 4.69) is 23.2 Å². The summed E-state index contributed by atoms with van der Waals surface area (Å²) in [6.07, 6.45) is 3.31. The Bertz CT molecular complexity index is 1080. The fraction of sp³-hybridized carbons (Fsp3) is 0.417. The normalized spacial score (nSPS) is 15.9. The largest absolute Gasteiger partial charge is 0.397 e. The van der Waals surface area contributed by atoms with E-state index in [0.717, 1.165) is 65.9 Å². The SMILES string of the molecule is CCCc1cc(N2CCC(NC[C@@H](O)c3ccccc3)CC2)nc2sc(C(N)=O)c(N)c12. The Morgan fingerprint density at radius 2 is 2.03 bits per heavy atom. The molecule has 1 aliphatic heterocycles. The van der Waals surface area contributed by atoms with Gasteiger partial charge in [-0.3, -0.25) is 4.79 Å². The Balaban J connectivity index is 1.43. The molecular formula is C24H31N5O2S. The Kier molecular flexibility index (Phi) is 6.93. The highest BCUT2D eigenvalue weighted by atomic mass is 32.1. The van der Waals surface area contributed by atoms with Gasteiger partial charge in [0.15, 0.2) is 0 Å². The number of nitrogens with two attached hydrogens (primary N) is 2. The van der Waals surface area contributed by atoms with Crippen molar-refractivity contribution >= 4 is 39.0 Å². The first kappa shape index (κ1) is 22.5. The third kappa shape index (κ3) is 4.72. The van der Waals surface area contributed by atoms with Crippen LogP contribution in [0.2, 0.25) is 0 Å². The summed E-state index contributed by atoms with van der Waals surface area (Å²) >= 11 is 1.28. The van der Waals surface area contributed by atoms with Gasteiger partial charge >= 0.3 is 0 Å². The summed E-state index contributed by atoms with van der Waals surface area (Å²) in [5.41, 5.74) is 14.3. The van der Waals surface area contributed by atoms with Crippen LogP contribution in [0.5, 0.6) is 0 Å². The monoisotopic (exact) mass is 453 g/mol. The maximum Gasteiger partial charge on any atom is 0.260 e. The third-order valence-electron chi connectivity index (χ3n) is 6.11. The molecule has 170 valence electrons. The number of aliphatic hydroxyl groups is 1. The van der Waals surface area contributed by atoms with Crippen molar-refractivity contribution in [1.82, 2.24) is 10.3 Å². The number of aryl methyl sites for hydroxylation is 1. The maximum atomic E-state index is 11.8. The first-order chi connectivity index (χ1) is 15.5. The molecule has 1 saturated heterocycles. The Labute approximate surface area is 192 Å². The number of nitrogens with one attached hydrogen (secondary N) is 1. The van der Waals surface area contributed by atoms with Gasteiger partial charge in [0.05, 0.1) is 11.8 Å². The number of aliphatic hydroxyl groups excluding tert-OH is 1. The number of pyridine rings is 1. The summed E-state index contributed by atoms with van der Waals surface area (Å²) in [5, 5.41) is 14.8. The van der Waals surface area contributed by atoms with E-state index in [9.17, 15) is 9.90 Å². The van der Waals surface area contributed by atoms with Crippen molar-refractivity contribution in [2.24, 2.45) is 5.73 Å². The number of hydrogen-bond donors (Lipinski definition) is 4. The number of anilines is 2. The van der Waals surface area contributed by atoms with E-state index in [1.54, 1.807) is 0 Å². The quantitative estimate of drug-likeness (QED) is 0.416. The van der Waals surface area contributed by atoms with Gasteiger partial charge in [-0.05, 0) is 36.5 Å². The minimum absolute atomic E-state index is 0.363. The molecule has 3 aromatic rings. The molecule has 0 spiro atoms. The van der Waals surface area contributed by atoms with Crippen LogP contribution in [0.15, 0.2) is 36.4 Å². The maximum absolute atomic E-state index is 11.8. The summed E-state index contributed by atoms with van der Waals surface area (Å²) < 4.78 is 0. The molecule has 0 saturated carbocycles. The van der Waals surface area contributed by atoms with Crippen LogP contribution < -0.4 is 21.7 Å². The number of rotatable bonds is 8. The number of amides is 1. The van der Waals surface area contributed by atoms with Crippen molar-refractivity contribution in [3.05, 3.63) is 52.4 Å². The molecule has 0 aliphatic carbocycles. The van der Waals surface area contributed by atoms with Crippen LogP contribution in [0.25, 0.3) is 10.2 Å². The van der Waals surface area contributed by atoms with E-state index in [1.165, 1.54) is 11.3 Å². The number of nitrogens with zero attached hydrogens (tertiary/aromatic N) is 2. The molecule has 6 N–H and O–H groups in total. The minimum Gasteiger partial charge on any atom is -0.397 e. The highest BCUT2D eigenvalue weighted by Gasteiger charge is 2.24. The van der Waals surface area contributed by atoms with Gasteiger partial charge in [0, 0.05) is 31.1 Å². The number of carbonyl (C=O) groups is 1. The van der Waals surface area contributed by atoms with Crippen molar-refractivity contribution < 1.29 is 9.90 Å². The van der Waals surface area contributed by atoms with Gasteiger partial charge in [0.25, 0.3) is 5.91 Å². The third-order valence-corrected chi connectivity index (χ3v) is 7.23. The lowest BCUT2D eigenvalue weighted by Gasteiger charge is -2.34. The molecule has 1 aromatic carbocycles. The predicted octanol–water partition coefficient (Wildman–Crippen LogP) is 3.22. The van der Waals surface area contributed by atoms with Crippen LogP contribution >= 0.6 is 11.3 Å². The van der Waals surface area contributed by atoms with Crippen molar-refractivity contribution in [1.29, 1.82) is 0 Å². The summed E-state index contributed by atoms with van der Waals surface area (Å²) in [7, 11) is 0. The average molecular weight is 454 g/mol. The number of thiophene rings is 1. The van der Waals surface area contributed by atoms with Crippen LogP contribution in [0, 0.1) is 0 Å². The zero-order valence-corrected chi connectivity index (χ0v) is 19.2. The smallest absolute Gasteiger partial charge is 0.260 e. The molecule has 1 amide bonds. The molecule has 2 aromatic heterocycles. The number of fused-ring (bicyclic) bond motifs is 1. The molecule has 0 unspecified atom stereocenters. The van der Waals surface area contributed by atoms with E-state index < -0.39 is 12.0 Å². The lowest BCUT2D eigenvalue weighted by molar-refractivity contribution is 0.100. The van der Waals surface area contributed by atoms with E-state index in [0.29, 0.717) is 23.2 Å². The fourth-order valence-corrected chi connectivity index (χ4v) is 5.37. The molecule has 8 heteroatoms. The number of carbonyl (C=O) groups excluding carboxylic acids is 1. The van der Waals surface area contributed by atoms with Crippen LogP contribution in [-0.2, 0) is 6.42 Å². The van der Waals surface area contributed by atoms with Crippen LogP contribution in [-0.4, -0.2) is 41.7 Å². The van der Waals surface area contributed by atoms with Crippen molar-refractivity contribution in [3.63, 3.8) is 0 Å². The van der Waals surface area contributed by atoms with Gasteiger partial charge in [-0.1, -0.05) is 43.7 Å². The predicted molar refractivity (Wildman–Crippen MR) is 131 cm³/mol. The second-order valence-corrected chi connectivity index (χ2v) is 9.37. The zero-order valence-electron chi connectivity index (χ0n) is 18.4. The first-order valence-electron chi connectivity index (χ1n) is 11.2. The van der Waals surface area contributed by atoms with Crippen LogP contribution in [0.3, 0.4) is 0 Å². The van der Waals surface area contributed by atoms with Gasteiger partial charge in [-0.15, -0.1) is 11.3 Å². The van der Waals surface area contributed by atoms with Crippen LogP contribution in [0.4, 0.5) is 11.5 Å². The van der Waals surface area contributed by atoms with Crippen LogP contribution in [0.1, 0.15) is 53.1 Å². The number of nitrogen functional groups attached to an aromatic ring is 1. The highest BCUT2D eigenvalue weighted by Crippen LogP contribution is 2.37. The molecule has 1 atom stereocenters. The lowest BCUT2D eigenvalue weighted by Crippen LogP contribution is -2.44. The summed E-state index contributed by atoms with van der Waals surface area (Å²) in [5.74, 6) is 0.431. The molecule has 3 heterocycles. The molecule has 0 radical (unpaired) electrons. The second-order valence-electron chi connectivity index (χ2n) is 8.37. The van der Waals surface area contributed by atoms with E-state index >= 15 is 0 Å². The molecular weight excluding hydrogens is 422 g/mol. The van der Waals surface area contributed by atoms with Crippen molar-refractivity contribution in [3.8, 4) is 0 Å². The van der Waals surface area contributed by atoms with Gasteiger partial charge in [-0.25, -0.2) is 4.98 Å². The molecule has 1 aliphatic rings. The molecule has 4 rings (SSSR count). The van der Waals surface area contributed by atoms with Gasteiger partial charge in [-0.2, -0.15) is 0 Å². The summed E-state index contributed by atoms with van der Waals surface area (Å²) in [6, 6.07) is 12.2. The Morgan fingerprint density at radius 1 is 1.31 bits per heavy atom. The molecule has 0 bridgehead atoms. The molecule has 1 fully saturated rings. The molecule has 32 heavy (non-hydrogen) atoms. The topological polar surface area (TPSA) is 117 Å². The summed E-state index contributed by atoms with van der Waals surface area (Å²) in [6.45, 7) is 4.44. The fourth-order valence-electron chi connectivity index (χ4n) is 4.38. The number of benzene rings is 1. The molecule has 7 nitrogen and oxygen atoms in total. The van der Waals surface area contributed by atoms with E-state index in [-0.39, 0.29) is 0 Å². The van der Waals surface area contributed by atoms with Gasteiger partial charge in [0.2, 0.25) is 0 Å². The Hall–Kier alpha value is -2.68. The number of piperidine rings is 1. The second kappa shape index (κ2) is 9.85. The minimum atomic E-state index is -0.501. The standard InChI is InChI=1S/C24H31N5O2S/c1-2-6-16-13-19(28-24-20(16)21(25)22(32-24)23(26)31)29-11-9-17(10-12-29)27-14-18(30)15-7-4-3-5-8-15/h3-5,7-8,13,17-18,27,30H,2,6,9-12,14,25H2,1H3,(H2,26,31)/t18-/m1/s1. The van der Waals surface area contributed by atoms with Gasteiger partial charge < -0.3 is 26.8 Å². The number of aromatic nitrogens is 1. The lowest BCUT2D eigenvalue weighted by atomic mass is 10.0. The summed E-state index contributed by atoms with van der Waals surface area (Å²) in [4.78, 5) is 20.1. The zero-order chi connectivity index (χ0) is 22.7. The van der Waals surface area contributed by atoms with E-state index in [4.69, 9.17) is 16.5 Å². The van der Waals surface area contributed by atoms with E-state index in [1.807, 2.05) is 30.3 Å². The van der Waals surface area contributed by atoms with Gasteiger partial charge in [0.1, 0.15) is 15.5 Å². The first-order valence-corrected chi connectivity index (χ1v) is 12.0. The van der Waals surface area contributed by atoms with Crippen molar-refractivity contribution in [2.45, 2.75) is 44.8 Å². The highest BCUT2D eigenvalue weighted by molar-refractivity contribution is 7.21. The Morgan fingerprint density at radius 3 is 2.69 bits per heavy atom. The van der Waals surface area contributed by atoms with Crippen molar-refractivity contribution in [2.75, 3.05) is 30.3 Å². The number of hydrogen-bond acceptors (Lipinski definition) is 7.